The number of aromatic nitrogens is 3. The second-order valence-corrected chi connectivity index (χ2v) is 6.38. The molecule has 136 valence electrons. The number of methoxy groups -OCH3 is 2. The van der Waals surface area contributed by atoms with E-state index in [1.807, 2.05) is 32.0 Å². The zero-order valence-corrected chi connectivity index (χ0v) is 15.5. The van der Waals surface area contributed by atoms with E-state index in [2.05, 4.69) is 4.98 Å². The lowest BCUT2D eigenvalue weighted by molar-refractivity contribution is 0.355. The normalized spacial score (nSPS) is 11.1. The molecule has 6 heteroatoms. The Balaban J connectivity index is 2.12. The lowest BCUT2D eigenvalue weighted by Crippen LogP contribution is -2.27. The molecule has 2 heterocycles. The first-order valence-corrected chi connectivity index (χ1v) is 8.61. The predicted molar refractivity (Wildman–Crippen MR) is 101 cm³/mol. The number of fused-ring (bicyclic) bond motifs is 1. The first kappa shape index (κ1) is 17.9. The molecule has 0 spiro atoms. The van der Waals surface area contributed by atoms with Gasteiger partial charge in [-0.2, -0.15) is 0 Å². The molecule has 26 heavy (non-hydrogen) atoms. The Kier molecular flexibility index (Phi) is 5.21. The van der Waals surface area contributed by atoms with Gasteiger partial charge in [0.05, 0.1) is 25.1 Å². The summed E-state index contributed by atoms with van der Waals surface area (Å²) in [5.41, 5.74) is 1.49. The van der Waals surface area contributed by atoms with E-state index in [0.29, 0.717) is 35.4 Å². The van der Waals surface area contributed by atoms with Crippen molar-refractivity contribution in [2.24, 2.45) is 0 Å². The van der Waals surface area contributed by atoms with E-state index in [0.717, 1.165) is 11.5 Å². The van der Waals surface area contributed by atoms with Crippen molar-refractivity contribution in [3.8, 4) is 11.5 Å². The molecule has 0 radical (unpaired) electrons. The van der Waals surface area contributed by atoms with Crippen molar-refractivity contribution >= 4 is 10.9 Å². The second kappa shape index (κ2) is 7.56. The topological polar surface area (TPSA) is 66.2 Å². The van der Waals surface area contributed by atoms with Crippen LogP contribution < -0.4 is 15.0 Å². The summed E-state index contributed by atoms with van der Waals surface area (Å²) in [7, 11) is 3.13. The van der Waals surface area contributed by atoms with Crippen molar-refractivity contribution in [1.29, 1.82) is 0 Å². The zero-order chi connectivity index (χ0) is 18.7. The van der Waals surface area contributed by atoms with Gasteiger partial charge in [-0.25, -0.2) is 4.98 Å². The average molecular weight is 353 g/mol. The van der Waals surface area contributed by atoms with Crippen LogP contribution in [0.25, 0.3) is 10.9 Å². The summed E-state index contributed by atoms with van der Waals surface area (Å²) in [4.78, 5) is 22.2. The highest BCUT2D eigenvalue weighted by Gasteiger charge is 2.17. The summed E-state index contributed by atoms with van der Waals surface area (Å²) in [6, 6.07) is 9.24. The Morgan fingerprint density at radius 1 is 1.12 bits per heavy atom. The van der Waals surface area contributed by atoms with Gasteiger partial charge < -0.3 is 9.47 Å². The summed E-state index contributed by atoms with van der Waals surface area (Å²) in [5.74, 6) is 1.95. The van der Waals surface area contributed by atoms with Gasteiger partial charge in [-0.3, -0.25) is 14.3 Å². The summed E-state index contributed by atoms with van der Waals surface area (Å²) in [6.45, 7) is 4.60. The fourth-order valence-corrected chi connectivity index (χ4v) is 2.99. The molecule has 0 atom stereocenters. The molecule has 2 aromatic heterocycles. The highest BCUT2D eigenvalue weighted by molar-refractivity contribution is 5.82. The van der Waals surface area contributed by atoms with E-state index < -0.39 is 0 Å². The zero-order valence-electron chi connectivity index (χ0n) is 15.5. The fourth-order valence-electron chi connectivity index (χ4n) is 2.99. The van der Waals surface area contributed by atoms with Crippen LogP contribution in [0.15, 0.2) is 41.3 Å². The van der Waals surface area contributed by atoms with Gasteiger partial charge in [0.1, 0.15) is 5.82 Å². The molecule has 3 aromatic rings. The van der Waals surface area contributed by atoms with Crippen molar-refractivity contribution in [2.75, 3.05) is 14.2 Å². The van der Waals surface area contributed by atoms with Gasteiger partial charge in [-0.1, -0.05) is 19.9 Å². The van der Waals surface area contributed by atoms with E-state index in [4.69, 9.17) is 14.5 Å². The van der Waals surface area contributed by atoms with Crippen LogP contribution in [0, 0.1) is 0 Å². The molecule has 0 amide bonds. The summed E-state index contributed by atoms with van der Waals surface area (Å²) in [6.07, 6.45) is 2.43. The molecule has 0 fully saturated rings. The van der Waals surface area contributed by atoms with Crippen molar-refractivity contribution in [1.82, 2.24) is 14.5 Å². The van der Waals surface area contributed by atoms with Crippen LogP contribution in [-0.4, -0.2) is 28.8 Å². The minimum Gasteiger partial charge on any atom is -0.493 e. The number of hydrogen-bond acceptors (Lipinski definition) is 5. The highest BCUT2D eigenvalue weighted by Crippen LogP contribution is 2.30. The maximum atomic E-state index is 13.1. The van der Waals surface area contributed by atoms with E-state index in [1.54, 1.807) is 37.1 Å². The molecule has 0 saturated heterocycles. The molecule has 0 N–H and O–H groups in total. The fraction of sp³-hybridized carbons (Fsp3) is 0.350. The Bertz CT molecular complexity index is 965. The molecule has 0 aliphatic heterocycles. The standard InChI is InChI=1S/C20H23N3O3/c1-13(2)19-22-16-12-18(26-4)17(25-3)11-15(16)20(24)23(19)10-8-14-7-5-6-9-21-14/h5-7,9,11-13H,8,10H2,1-4H3. The maximum Gasteiger partial charge on any atom is 0.261 e. The Labute approximate surface area is 152 Å². The van der Waals surface area contributed by atoms with Crippen LogP contribution in [0.4, 0.5) is 0 Å². The number of nitrogens with zero attached hydrogens (tertiary/aromatic N) is 3. The molecule has 0 bridgehead atoms. The first-order valence-electron chi connectivity index (χ1n) is 8.61. The number of aryl methyl sites for hydroxylation is 1. The number of hydrogen-bond donors (Lipinski definition) is 0. The number of pyridine rings is 1. The lowest BCUT2D eigenvalue weighted by atomic mass is 10.1. The van der Waals surface area contributed by atoms with Crippen LogP contribution in [0.1, 0.15) is 31.3 Å². The molecule has 1 aromatic carbocycles. The van der Waals surface area contributed by atoms with Gasteiger partial charge in [0.25, 0.3) is 5.56 Å². The smallest absolute Gasteiger partial charge is 0.261 e. The average Bonchev–Trinajstić information content (AvgIpc) is 2.66. The van der Waals surface area contributed by atoms with Crippen molar-refractivity contribution in [3.05, 3.63) is 58.4 Å². The third kappa shape index (κ3) is 3.40. The Hall–Kier alpha value is -2.89. The molecular weight excluding hydrogens is 330 g/mol. The van der Waals surface area contributed by atoms with E-state index >= 15 is 0 Å². The monoisotopic (exact) mass is 353 g/mol. The maximum absolute atomic E-state index is 13.1. The minimum absolute atomic E-state index is 0.0735. The lowest BCUT2D eigenvalue weighted by Gasteiger charge is -2.17. The van der Waals surface area contributed by atoms with Gasteiger partial charge >= 0.3 is 0 Å². The van der Waals surface area contributed by atoms with E-state index in [1.165, 1.54) is 0 Å². The molecule has 0 saturated carbocycles. The van der Waals surface area contributed by atoms with Gasteiger partial charge in [-0.05, 0) is 18.2 Å². The van der Waals surface area contributed by atoms with Crippen molar-refractivity contribution in [2.45, 2.75) is 32.7 Å². The van der Waals surface area contributed by atoms with Gasteiger partial charge in [0.2, 0.25) is 0 Å². The number of benzene rings is 1. The number of rotatable bonds is 6. The van der Waals surface area contributed by atoms with Gasteiger partial charge in [0, 0.05) is 36.8 Å². The largest absolute Gasteiger partial charge is 0.493 e. The molecule has 0 unspecified atom stereocenters. The van der Waals surface area contributed by atoms with E-state index in [9.17, 15) is 4.79 Å². The first-order chi connectivity index (χ1) is 12.5. The Morgan fingerprint density at radius 2 is 1.85 bits per heavy atom. The van der Waals surface area contributed by atoms with E-state index in [-0.39, 0.29) is 11.5 Å². The second-order valence-electron chi connectivity index (χ2n) is 6.38. The summed E-state index contributed by atoms with van der Waals surface area (Å²) >= 11 is 0. The SMILES string of the molecule is COc1cc2nc(C(C)C)n(CCc3ccccn3)c(=O)c2cc1OC. The highest BCUT2D eigenvalue weighted by atomic mass is 16.5. The van der Waals surface area contributed by atoms with Crippen LogP contribution in [0.2, 0.25) is 0 Å². The molecule has 0 aliphatic carbocycles. The van der Waals surface area contributed by atoms with Gasteiger partial charge in [0.15, 0.2) is 11.5 Å². The predicted octanol–water partition coefficient (Wildman–Crippen LogP) is 3.17. The minimum atomic E-state index is -0.0735. The third-order valence-electron chi connectivity index (χ3n) is 4.32. The van der Waals surface area contributed by atoms with Crippen molar-refractivity contribution in [3.63, 3.8) is 0 Å². The molecule has 3 rings (SSSR count). The Morgan fingerprint density at radius 3 is 2.46 bits per heavy atom. The van der Waals surface area contributed by atoms with Gasteiger partial charge in [-0.15, -0.1) is 0 Å². The van der Waals surface area contributed by atoms with Crippen LogP contribution in [0.3, 0.4) is 0 Å². The van der Waals surface area contributed by atoms with Crippen LogP contribution >= 0.6 is 0 Å². The van der Waals surface area contributed by atoms with Crippen molar-refractivity contribution < 1.29 is 9.47 Å². The molecular formula is C20H23N3O3. The third-order valence-corrected chi connectivity index (χ3v) is 4.32. The quantitative estimate of drug-likeness (QED) is 0.681. The molecule has 0 aliphatic rings. The summed E-state index contributed by atoms with van der Waals surface area (Å²) in [5, 5.41) is 0.521. The molecule has 6 nitrogen and oxygen atoms in total. The van der Waals surface area contributed by atoms with Crippen LogP contribution in [0.5, 0.6) is 11.5 Å². The summed E-state index contributed by atoms with van der Waals surface area (Å²) < 4.78 is 12.4. The van der Waals surface area contributed by atoms with Crippen LogP contribution in [-0.2, 0) is 13.0 Å². The number of ether oxygens (including phenoxy) is 2.